The van der Waals surface area contributed by atoms with Crippen molar-refractivity contribution in [3.05, 3.63) is 29.8 Å². The molecule has 1 aromatic rings. The number of benzene rings is 1. The molecule has 3 nitrogen and oxygen atoms in total. The topological polar surface area (TPSA) is 55.5 Å². The number of hydrogen-bond donors (Lipinski definition) is 2. The van der Waals surface area contributed by atoms with E-state index in [1.54, 1.807) is 0 Å². The summed E-state index contributed by atoms with van der Waals surface area (Å²) in [7, 11) is 0. The lowest BCUT2D eigenvalue weighted by Gasteiger charge is -2.33. The highest BCUT2D eigenvalue weighted by molar-refractivity contribution is 5.39. The van der Waals surface area contributed by atoms with Crippen LogP contribution < -0.4 is 10.5 Å². The van der Waals surface area contributed by atoms with Crippen molar-refractivity contribution in [3.63, 3.8) is 0 Å². The molecule has 1 aliphatic rings. The number of hydrogen-bond acceptors (Lipinski definition) is 3. The van der Waals surface area contributed by atoms with Gasteiger partial charge in [0.25, 0.3) is 0 Å². The minimum absolute atomic E-state index is 0.245. The van der Waals surface area contributed by atoms with Gasteiger partial charge in [-0.15, -0.1) is 0 Å². The number of aliphatic hydroxyl groups excluding tert-OH is 1. The van der Waals surface area contributed by atoms with Crippen LogP contribution in [-0.2, 0) is 0 Å². The van der Waals surface area contributed by atoms with Crippen LogP contribution in [0.1, 0.15) is 31.7 Å². The molecule has 2 rings (SSSR count). The number of aliphatic hydroxyl groups is 1. The van der Waals surface area contributed by atoms with E-state index in [1.807, 2.05) is 32.0 Å². The van der Waals surface area contributed by atoms with Crippen molar-refractivity contribution in [1.82, 2.24) is 0 Å². The molecule has 94 valence electrons. The van der Waals surface area contributed by atoms with Crippen LogP contribution in [0.15, 0.2) is 24.3 Å². The van der Waals surface area contributed by atoms with E-state index in [9.17, 15) is 5.11 Å². The fourth-order valence-electron chi connectivity index (χ4n) is 2.39. The molecule has 0 fully saturated rings. The van der Waals surface area contributed by atoms with Crippen molar-refractivity contribution in [2.75, 3.05) is 13.2 Å². The third-order valence-electron chi connectivity index (χ3n) is 3.99. The van der Waals surface area contributed by atoms with Gasteiger partial charge in [-0.25, -0.2) is 0 Å². The first-order valence-corrected chi connectivity index (χ1v) is 6.16. The van der Waals surface area contributed by atoms with Gasteiger partial charge in [-0.05, 0) is 19.4 Å². The summed E-state index contributed by atoms with van der Waals surface area (Å²) in [5.41, 5.74) is 6.80. The molecule has 0 radical (unpaired) electrons. The quantitative estimate of drug-likeness (QED) is 0.838. The highest BCUT2D eigenvalue weighted by atomic mass is 16.5. The standard InChI is InChI=1S/C14H21NO2/c1-10(16)14(2,9-15)7-11-8-17-13-6-4-3-5-12(11)13/h3-6,10-11,16H,7-9,15H2,1-2H3. The highest BCUT2D eigenvalue weighted by Crippen LogP contribution is 2.41. The van der Waals surface area contributed by atoms with Crippen molar-refractivity contribution in [3.8, 4) is 5.75 Å². The van der Waals surface area contributed by atoms with Gasteiger partial charge < -0.3 is 15.6 Å². The largest absolute Gasteiger partial charge is 0.493 e. The lowest BCUT2D eigenvalue weighted by atomic mass is 9.75. The minimum atomic E-state index is -0.403. The number of fused-ring (bicyclic) bond motifs is 1. The predicted molar refractivity (Wildman–Crippen MR) is 68.1 cm³/mol. The summed E-state index contributed by atoms with van der Waals surface area (Å²) < 4.78 is 5.66. The van der Waals surface area contributed by atoms with Crippen LogP contribution in [0.25, 0.3) is 0 Å². The van der Waals surface area contributed by atoms with Crippen LogP contribution >= 0.6 is 0 Å². The zero-order valence-electron chi connectivity index (χ0n) is 10.5. The molecule has 3 N–H and O–H groups in total. The summed E-state index contributed by atoms with van der Waals surface area (Å²) in [6.45, 7) is 5.04. The summed E-state index contributed by atoms with van der Waals surface area (Å²) in [5, 5.41) is 9.86. The molecule has 0 aromatic heterocycles. The molecule has 0 amide bonds. The molecule has 17 heavy (non-hydrogen) atoms. The Hall–Kier alpha value is -1.06. The van der Waals surface area contributed by atoms with Gasteiger partial charge in [0, 0.05) is 23.4 Å². The van der Waals surface area contributed by atoms with E-state index in [1.165, 1.54) is 5.56 Å². The van der Waals surface area contributed by atoms with Crippen molar-refractivity contribution in [1.29, 1.82) is 0 Å². The smallest absolute Gasteiger partial charge is 0.122 e. The van der Waals surface area contributed by atoms with Crippen molar-refractivity contribution in [2.45, 2.75) is 32.3 Å². The van der Waals surface area contributed by atoms with E-state index >= 15 is 0 Å². The van der Waals surface area contributed by atoms with Crippen LogP contribution in [0.5, 0.6) is 5.75 Å². The lowest BCUT2D eigenvalue weighted by Crippen LogP contribution is -2.39. The molecule has 0 aliphatic carbocycles. The summed E-state index contributed by atoms with van der Waals surface area (Å²) in [4.78, 5) is 0. The van der Waals surface area contributed by atoms with E-state index in [0.717, 1.165) is 12.2 Å². The molecule has 3 atom stereocenters. The molecular weight excluding hydrogens is 214 g/mol. The molecule has 1 heterocycles. The highest BCUT2D eigenvalue weighted by Gasteiger charge is 2.35. The second-order valence-corrected chi connectivity index (χ2v) is 5.28. The lowest BCUT2D eigenvalue weighted by molar-refractivity contribution is 0.0447. The summed E-state index contributed by atoms with van der Waals surface area (Å²) in [6, 6.07) is 8.12. The Balaban J connectivity index is 2.16. The molecule has 1 aliphatic heterocycles. The summed E-state index contributed by atoms with van der Waals surface area (Å²) in [5.74, 6) is 1.32. The van der Waals surface area contributed by atoms with Crippen molar-refractivity contribution in [2.24, 2.45) is 11.1 Å². The molecule has 0 bridgehead atoms. The van der Waals surface area contributed by atoms with Gasteiger partial charge in [-0.2, -0.15) is 0 Å². The SMILES string of the molecule is CC(O)C(C)(CN)CC1COc2ccccc21. The van der Waals surface area contributed by atoms with Crippen LogP contribution in [0, 0.1) is 5.41 Å². The molecular formula is C14H21NO2. The average Bonchev–Trinajstić information content (AvgIpc) is 2.72. The third-order valence-corrected chi connectivity index (χ3v) is 3.99. The van der Waals surface area contributed by atoms with Crippen LogP contribution in [0.4, 0.5) is 0 Å². The Morgan fingerprint density at radius 2 is 2.24 bits per heavy atom. The zero-order chi connectivity index (χ0) is 12.5. The number of nitrogens with two attached hydrogens (primary N) is 1. The summed E-state index contributed by atoms with van der Waals surface area (Å²) >= 11 is 0. The molecule has 3 unspecified atom stereocenters. The molecule has 0 spiro atoms. The van der Waals surface area contributed by atoms with Gasteiger partial charge in [0.2, 0.25) is 0 Å². The monoisotopic (exact) mass is 235 g/mol. The predicted octanol–water partition coefficient (Wildman–Crippen LogP) is 1.90. The average molecular weight is 235 g/mol. The van der Waals surface area contributed by atoms with Crippen LogP contribution in [0.3, 0.4) is 0 Å². The fourth-order valence-corrected chi connectivity index (χ4v) is 2.39. The fraction of sp³-hybridized carbons (Fsp3) is 0.571. The maximum atomic E-state index is 9.86. The summed E-state index contributed by atoms with van der Waals surface area (Å²) in [6.07, 6.45) is 0.457. The molecule has 0 saturated heterocycles. The van der Waals surface area contributed by atoms with Gasteiger partial charge in [-0.3, -0.25) is 0 Å². The van der Waals surface area contributed by atoms with E-state index in [2.05, 4.69) is 6.07 Å². The van der Waals surface area contributed by atoms with Gasteiger partial charge in [0.1, 0.15) is 5.75 Å². The van der Waals surface area contributed by atoms with E-state index < -0.39 is 6.10 Å². The Kier molecular flexibility index (Phi) is 3.40. The number of para-hydroxylation sites is 1. The number of ether oxygens (including phenoxy) is 1. The molecule has 1 aromatic carbocycles. The van der Waals surface area contributed by atoms with Gasteiger partial charge >= 0.3 is 0 Å². The third kappa shape index (κ3) is 2.31. The minimum Gasteiger partial charge on any atom is -0.493 e. The van der Waals surface area contributed by atoms with E-state index in [-0.39, 0.29) is 5.41 Å². The molecule has 0 saturated carbocycles. The van der Waals surface area contributed by atoms with E-state index in [0.29, 0.717) is 19.1 Å². The van der Waals surface area contributed by atoms with Gasteiger partial charge in [0.15, 0.2) is 0 Å². The second kappa shape index (κ2) is 4.67. The Morgan fingerprint density at radius 3 is 2.88 bits per heavy atom. The molecule has 3 heteroatoms. The first kappa shape index (κ1) is 12.4. The van der Waals surface area contributed by atoms with Crippen LogP contribution in [0.2, 0.25) is 0 Å². The van der Waals surface area contributed by atoms with E-state index in [4.69, 9.17) is 10.5 Å². The zero-order valence-corrected chi connectivity index (χ0v) is 10.5. The van der Waals surface area contributed by atoms with Crippen molar-refractivity contribution >= 4 is 0 Å². The van der Waals surface area contributed by atoms with Gasteiger partial charge in [0.05, 0.1) is 12.7 Å². The number of rotatable bonds is 4. The Labute approximate surface area is 103 Å². The van der Waals surface area contributed by atoms with Gasteiger partial charge in [-0.1, -0.05) is 25.1 Å². The maximum absolute atomic E-state index is 9.86. The maximum Gasteiger partial charge on any atom is 0.122 e. The first-order valence-electron chi connectivity index (χ1n) is 6.16. The van der Waals surface area contributed by atoms with Crippen molar-refractivity contribution < 1.29 is 9.84 Å². The Bertz CT molecular complexity index is 392. The normalized spacial score (nSPS) is 23.6. The second-order valence-electron chi connectivity index (χ2n) is 5.28. The van der Waals surface area contributed by atoms with Crippen LogP contribution in [-0.4, -0.2) is 24.4 Å². The Morgan fingerprint density at radius 1 is 1.53 bits per heavy atom. The first-order chi connectivity index (χ1) is 8.07.